The smallest absolute Gasteiger partial charge is 0.143 e. The van der Waals surface area contributed by atoms with Crippen LogP contribution in [0.1, 0.15) is 0 Å². The summed E-state index contributed by atoms with van der Waals surface area (Å²) in [5.41, 5.74) is 0.513. The normalized spacial score (nSPS) is 9.27. The first-order chi connectivity index (χ1) is 5.36. The first-order valence-electron chi connectivity index (χ1n) is 3.19. The van der Waals surface area contributed by atoms with E-state index in [1.807, 2.05) is 24.3 Å². The maximum absolute atomic E-state index is 5.17. The topological polar surface area (TPSA) is 18.5 Å². The Balaban J connectivity index is 2.66. The second-order valence-corrected chi connectivity index (χ2v) is 2.39. The molecular weight excluding hydrogens is 208 g/mol. The Morgan fingerprint density at radius 1 is 1.18 bits per heavy atom. The molecule has 0 bridgehead atoms. The molecule has 0 aliphatic heterocycles. The van der Waals surface area contributed by atoms with E-state index in [2.05, 4.69) is 15.9 Å². The minimum atomic E-state index is 0.513. The van der Waals surface area contributed by atoms with Crippen LogP contribution in [0.4, 0.5) is 0 Å². The van der Waals surface area contributed by atoms with E-state index in [-0.39, 0.29) is 0 Å². The lowest BCUT2D eigenvalue weighted by Gasteiger charge is -2.02. The molecule has 0 atom stereocenters. The summed E-state index contributed by atoms with van der Waals surface area (Å²) in [6.07, 6.45) is 0. The molecule has 0 aliphatic rings. The van der Waals surface area contributed by atoms with Gasteiger partial charge < -0.3 is 9.47 Å². The minimum Gasteiger partial charge on any atom is -0.497 e. The average Bonchev–Trinajstić information content (AvgIpc) is 2.07. The van der Waals surface area contributed by atoms with Crippen LogP contribution in [-0.2, 0) is 0 Å². The predicted molar refractivity (Wildman–Crippen MR) is 47.4 cm³/mol. The van der Waals surface area contributed by atoms with Gasteiger partial charge in [0.15, 0.2) is 0 Å². The molecule has 1 rings (SSSR count). The minimum absolute atomic E-state index is 0.513. The number of hydrogen-bond acceptors (Lipinski definition) is 2. The van der Waals surface area contributed by atoms with Gasteiger partial charge in [-0.1, -0.05) is 0 Å². The number of ether oxygens (including phenoxy) is 2. The first kappa shape index (κ1) is 8.40. The molecule has 1 aromatic rings. The van der Waals surface area contributed by atoms with Crippen molar-refractivity contribution < 1.29 is 9.47 Å². The molecule has 0 radical (unpaired) electrons. The van der Waals surface area contributed by atoms with Crippen LogP contribution in [0.5, 0.6) is 11.5 Å². The van der Waals surface area contributed by atoms with Crippen molar-refractivity contribution in [3.8, 4) is 11.5 Å². The number of benzene rings is 1. The summed E-state index contributed by atoms with van der Waals surface area (Å²) >= 11 is 3.17. The number of rotatable bonds is 3. The fraction of sp³-hybridized carbons (Fsp3) is 0.250. The van der Waals surface area contributed by atoms with Crippen LogP contribution in [-0.4, -0.2) is 12.6 Å². The summed E-state index contributed by atoms with van der Waals surface area (Å²) in [4.78, 5) is 0. The Labute approximate surface area is 74.3 Å². The van der Waals surface area contributed by atoms with Crippen molar-refractivity contribution in [2.24, 2.45) is 0 Å². The highest BCUT2D eigenvalue weighted by Crippen LogP contribution is 2.16. The number of halogens is 1. The third kappa shape index (κ3) is 2.42. The van der Waals surface area contributed by atoms with Gasteiger partial charge >= 0.3 is 0 Å². The van der Waals surface area contributed by atoms with E-state index in [1.165, 1.54) is 0 Å². The molecule has 0 spiro atoms. The molecule has 0 saturated carbocycles. The van der Waals surface area contributed by atoms with Crippen LogP contribution >= 0.6 is 15.9 Å². The Kier molecular flexibility index (Phi) is 3.23. The maximum atomic E-state index is 5.17. The second-order valence-electron chi connectivity index (χ2n) is 1.93. The largest absolute Gasteiger partial charge is 0.497 e. The summed E-state index contributed by atoms with van der Waals surface area (Å²) in [5.74, 6) is 1.68. The molecule has 0 heterocycles. The van der Waals surface area contributed by atoms with Crippen molar-refractivity contribution in [3.05, 3.63) is 24.3 Å². The maximum Gasteiger partial charge on any atom is 0.143 e. The van der Waals surface area contributed by atoms with Crippen LogP contribution in [0.2, 0.25) is 0 Å². The van der Waals surface area contributed by atoms with Gasteiger partial charge in [-0.05, 0) is 40.2 Å². The molecule has 0 aromatic heterocycles. The molecule has 11 heavy (non-hydrogen) atoms. The van der Waals surface area contributed by atoms with E-state index in [4.69, 9.17) is 9.47 Å². The molecule has 2 nitrogen and oxygen atoms in total. The number of hydrogen-bond donors (Lipinski definition) is 0. The molecule has 0 unspecified atom stereocenters. The summed E-state index contributed by atoms with van der Waals surface area (Å²) in [6, 6.07) is 7.44. The van der Waals surface area contributed by atoms with Crippen molar-refractivity contribution in [3.63, 3.8) is 0 Å². The van der Waals surface area contributed by atoms with E-state index in [1.54, 1.807) is 7.11 Å². The fourth-order valence-electron chi connectivity index (χ4n) is 0.735. The van der Waals surface area contributed by atoms with Gasteiger partial charge in [0.2, 0.25) is 0 Å². The predicted octanol–water partition coefficient (Wildman–Crippen LogP) is 2.43. The second kappa shape index (κ2) is 4.23. The van der Waals surface area contributed by atoms with Crippen LogP contribution < -0.4 is 9.47 Å². The summed E-state index contributed by atoms with van der Waals surface area (Å²) < 4.78 is 10.1. The van der Waals surface area contributed by atoms with Crippen molar-refractivity contribution in [1.29, 1.82) is 0 Å². The van der Waals surface area contributed by atoms with Gasteiger partial charge in [0.25, 0.3) is 0 Å². The van der Waals surface area contributed by atoms with E-state index in [0.29, 0.717) is 5.52 Å². The molecule has 0 amide bonds. The molecule has 0 saturated heterocycles. The van der Waals surface area contributed by atoms with E-state index in [0.717, 1.165) is 11.5 Å². The Morgan fingerprint density at radius 3 is 2.18 bits per heavy atom. The third-order valence-corrected chi connectivity index (χ3v) is 1.51. The van der Waals surface area contributed by atoms with Gasteiger partial charge in [0, 0.05) is 0 Å². The highest BCUT2D eigenvalue weighted by molar-refractivity contribution is 9.09. The Hall–Kier alpha value is -0.700. The molecule has 0 aliphatic carbocycles. The first-order valence-corrected chi connectivity index (χ1v) is 4.32. The van der Waals surface area contributed by atoms with Gasteiger partial charge in [-0.3, -0.25) is 0 Å². The molecule has 3 heteroatoms. The molecule has 1 aromatic carbocycles. The van der Waals surface area contributed by atoms with Crippen molar-refractivity contribution in [1.82, 2.24) is 0 Å². The Bertz CT molecular complexity index is 208. The van der Waals surface area contributed by atoms with Gasteiger partial charge in [0.1, 0.15) is 17.0 Å². The van der Waals surface area contributed by atoms with Crippen molar-refractivity contribution in [2.75, 3.05) is 12.6 Å². The zero-order chi connectivity index (χ0) is 8.10. The van der Waals surface area contributed by atoms with Gasteiger partial charge in [-0.15, -0.1) is 0 Å². The average molecular weight is 217 g/mol. The van der Waals surface area contributed by atoms with Crippen LogP contribution in [0.3, 0.4) is 0 Å². The van der Waals surface area contributed by atoms with E-state index < -0.39 is 0 Å². The van der Waals surface area contributed by atoms with Crippen molar-refractivity contribution in [2.45, 2.75) is 0 Å². The standard InChI is InChI=1S/C8H9BrO2/c1-10-7-2-4-8(5-3-7)11-6-9/h2-5H,6H2,1H3. The van der Waals surface area contributed by atoms with Crippen LogP contribution in [0, 0.1) is 0 Å². The summed E-state index contributed by atoms with van der Waals surface area (Å²) in [5, 5.41) is 0. The monoisotopic (exact) mass is 216 g/mol. The lowest BCUT2D eigenvalue weighted by atomic mass is 10.3. The highest BCUT2D eigenvalue weighted by Gasteiger charge is 1.91. The summed E-state index contributed by atoms with van der Waals surface area (Å²) in [7, 11) is 1.64. The third-order valence-electron chi connectivity index (χ3n) is 1.28. The van der Waals surface area contributed by atoms with Crippen molar-refractivity contribution >= 4 is 15.9 Å². The highest BCUT2D eigenvalue weighted by atomic mass is 79.9. The molecule has 0 fully saturated rings. The van der Waals surface area contributed by atoms with Gasteiger partial charge in [0.05, 0.1) is 7.11 Å². The SMILES string of the molecule is COc1ccc(OCBr)cc1. The number of alkyl halides is 1. The van der Waals surface area contributed by atoms with Crippen LogP contribution in [0.25, 0.3) is 0 Å². The fourth-order valence-corrected chi connectivity index (χ4v) is 0.999. The van der Waals surface area contributed by atoms with Crippen LogP contribution in [0.15, 0.2) is 24.3 Å². The lowest BCUT2D eigenvalue weighted by Crippen LogP contribution is -1.88. The zero-order valence-corrected chi connectivity index (χ0v) is 7.80. The zero-order valence-electron chi connectivity index (χ0n) is 6.21. The van der Waals surface area contributed by atoms with E-state index in [9.17, 15) is 0 Å². The molecule has 0 N–H and O–H groups in total. The lowest BCUT2D eigenvalue weighted by molar-refractivity contribution is 0.392. The molecule has 60 valence electrons. The summed E-state index contributed by atoms with van der Waals surface area (Å²) in [6.45, 7) is 0. The Morgan fingerprint density at radius 2 is 1.73 bits per heavy atom. The number of methoxy groups -OCH3 is 1. The molecular formula is C8H9BrO2. The van der Waals surface area contributed by atoms with Gasteiger partial charge in [-0.25, -0.2) is 0 Å². The van der Waals surface area contributed by atoms with E-state index >= 15 is 0 Å². The van der Waals surface area contributed by atoms with Gasteiger partial charge in [-0.2, -0.15) is 0 Å². The quantitative estimate of drug-likeness (QED) is 0.724.